The fraction of sp³-hybridized carbons (Fsp3) is 0. The van der Waals surface area contributed by atoms with E-state index in [-0.39, 0.29) is 5.56 Å². The minimum atomic E-state index is -1.53. The molecule has 0 unspecified atom stereocenters. The molecule has 0 heterocycles. The first-order chi connectivity index (χ1) is 10.7. The van der Waals surface area contributed by atoms with Crippen LogP contribution in [0.25, 0.3) is 0 Å². The standard InChI is InChI=1S/C14H5F2I3O4/c15-8-2-1-6(13(20)21)12(10(8)16)23-14(22)7-3-5(17)4-9(18)11(7)19/h1-4H,(H,20,21). The van der Waals surface area contributed by atoms with E-state index in [2.05, 4.69) is 0 Å². The Morgan fingerprint density at radius 3 is 2.30 bits per heavy atom. The predicted octanol–water partition coefficient (Wildman–Crippen LogP) is 4.70. The van der Waals surface area contributed by atoms with Gasteiger partial charge in [0, 0.05) is 10.7 Å². The van der Waals surface area contributed by atoms with E-state index in [0.29, 0.717) is 9.64 Å². The summed E-state index contributed by atoms with van der Waals surface area (Å²) in [5.74, 6) is -6.25. The van der Waals surface area contributed by atoms with Crippen molar-refractivity contribution >= 4 is 79.7 Å². The summed E-state index contributed by atoms with van der Waals surface area (Å²) in [5.41, 5.74) is -0.491. The Labute approximate surface area is 170 Å². The number of rotatable bonds is 3. The van der Waals surface area contributed by atoms with Crippen molar-refractivity contribution in [2.24, 2.45) is 0 Å². The average Bonchev–Trinajstić information content (AvgIpc) is 2.47. The molecule has 0 saturated carbocycles. The number of halogens is 5. The highest BCUT2D eigenvalue weighted by molar-refractivity contribution is 14.1. The van der Waals surface area contributed by atoms with Crippen molar-refractivity contribution in [2.75, 3.05) is 0 Å². The number of carbonyl (C=O) groups is 2. The van der Waals surface area contributed by atoms with Gasteiger partial charge in [0.05, 0.1) is 5.56 Å². The number of carboxylic acid groups (broad SMARTS) is 1. The Balaban J connectivity index is 2.50. The molecule has 0 radical (unpaired) electrons. The van der Waals surface area contributed by atoms with Crippen molar-refractivity contribution in [2.45, 2.75) is 0 Å². The van der Waals surface area contributed by atoms with Crippen LogP contribution in [0.2, 0.25) is 0 Å². The molecular weight excluding hydrogens is 651 g/mol. The van der Waals surface area contributed by atoms with Gasteiger partial charge in [-0.15, -0.1) is 0 Å². The summed E-state index contributed by atoms with van der Waals surface area (Å²) in [6.45, 7) is 0. The number of carboxylic acids is 1. The predicted molar refractivity (Wildman–Crippen MR) is 103 cm³/mol. The van der Waals surface area contributed by atoms with Gasteiger partial charge in [0.15, 0.2) is 11.6 Å². The maximum Gasteiger partial charge on any atom is 0.344 e. The first-order valence-corrected chi connectivity index (χ1v) is 9.04. The largest absolute Gasteiger partial charge is 0.478 e. The molecule has 0 aliphatic carbocycles. The van der Waals surface area contributed by atoms with Gasteiger partial charge in [-0.2, -0.15) is 4.39 Å². The molecule has 120 valence electrons. The van der Waals surface area contributed by atoms with Crippen LogP contribution in [0.1, 0.15) is 20.7 Å². The number of esters is 1. The lowest BCUT2D eigenvalue weighted by atomic mass is 10.2. The summed E-state index contributed by atoms with van der Waals surface area (Å²) in [6.07, 6.45) is 0. The Morgan fingerprint density at radius 1 is 1.04 bits per heavy atom. The molecule has 1 N–H and O–H groups in total. The van der Waals surface area contributed by atoms with Gasteiger partial charge in [-0.25, -0.2) is 14.0 Å². The molecule has 2 aromatic rings. The third-order valence-corrected chi connectivity index (χ3v) is 6.36. The van der Waals surface area contributed by atoms with Crippen LogP contribution in [0.4, 0.5) is 8.78 Å². The van der Waals surface area contributed by atoms with Crippen molar-refractivity contribution in [1.29, 1.82) is 0 Å². The van der Waals surface area contributed by atoms with Crippen LogP contribution in [0.5, 0.6) is 5.75 Å². The van der Waals surface area contributed by atoms with Gasteiger partial charge in [-0.1, -0.05) is 0 Å². The van der Waals surface area contributed by atoms with Crippen molar-refractivity contribution in [3.05, 3.63) is 57.7 Å². The molecular formula is C14H5F2I3O4. The second-order valence-corrected chi connectivity index (χ2v) is 7.67. The Morgan fingerprint density at radius 2 is 1.70 bits per heavy atom. The van der Waals surface area contributed by atoms with Gasteiger partial charge < -0.3 is 9.84 Å². The van der Waals surface area contributed by atoms with Crippen LogP contribution in [-0.2, 0) is 0 Å². The highest BCUT2D eigenvalue weighted by Gasteiger charge is 2.24. The molecule has 0 amide bonds. The van der Waals surface area contributed by atoms with E-state index < -0.39 is 34.9 Å². The Bertz CT molecular complexity index is 824. The van der Waals surface area contributed by atoms with Crippen molar-refractivity contribution in [1.82, 2.24) is 0 Å². The summed E-state index contributed by atoms with van der Waals surface area (Å²) >= 11 is 5.94. The van der Waals surface area contributed by atoms with E-state index in [1.54, 1.807) is 0 Å². The van der Waals surface area contributed by atoms with Crippen molar-refractivity contribution in [3.8, 4) is 5.75 Å². The molecule has 2 aromatic carbocycles. The van der Waals surface area contributed by atoms with Crippen LogP contribution in [0.15, 0.2) is 24.3 Å². The van der Waals surface area contributed by atoms with Crippen LogP contribution < -0.4 is 4.74 Å². The minimum absolute atomic E-state index is 0.141. The van der Waals surface area contributed by atoms with Crippen molar-refractivity contribution in [3.63, 3.8) is 0 Å². The third-order valence-electron chi connectivity index (χ3n) is 2.69. The second kappa shape index (κ2) is 7.55. The molecule has 23 heavy (non-hydrogen) atoms. The number of hydrogen-bond acceptors (Lipinski definition) is 3. The maximum absolute atomic E-state index is 13.8. The smallest absolute Gasteiger partial charge is 0.344 e. The van der Waals surface area contributed by atoms with Crippen LogP contribution >= 0.6 is 67.8 Å². The number of ether oxygens (including phenoxy) is 1. The van der Waals surface area contributed by atoms with E-state index in [4.69, 9.17) is 9.84 Å². The molecule has 0 atom stereocenters. The lowest BCUT2D eigenvalue weighted by Crippen LogP contribution is -2.15. The van der Waals surface area contributed by atoms with Crippen LogP contribution in [-0.4, -0.2) is 17.0 Å². The SMILES string of the molecule is O=C(Oc1c(C(=O)O)ccc(F)c1F)c1cc(I)cc(I)c1I. The van der Waals surface area contributed by atoms with E-state index in [9.17, 15) is 18.4 Å². The summed E-state index contributed by atoms with van der Waals surface area (Å²) < 4.78 is 34.1. The van der Waals surface area contributed by atoms with E-state index in [1.165, 1.54) is 6.07 Å². The zero-order valence-corrected chi connectivity index (χ0v) is 17.3. The zero-order chi connectivity index (χ0) is 17.3. The molecule has 2 rings (SSSR count). The summed E-state index contributed by atoms with van der Waals surface area (Å²) in [5, 5.41) is 9.02. The molecule has 0 fully saturated rings. The summed E-state index contributed by atoms with van der Waals surface area (Å²) in [6, 6.07) is 4.84. The topological polar surface area (TPSA) is 63.6 Å². The van der Waals surface area contributed by atoms with Gasteiger partial charge in [-0.05, 0) is 92.0 Å². The number of aromatic carboxylic acids is 1. The fourth-order valence-corrected chi connectivity index (χ4v) is 4.03. The first-order valence-electron chi connectivity index (χ1n) is 5.80. The monoisotopic (exact) mass is 656 g/mol. The number of benzene rings is 2. The Hall–Kier alpha value is -0.570. The van der Waals surface area contributed by atoms with Crippen LogP contribution in [0, 0.1) is 22.3 Å². The second-order valence-electron chi connectivity index (χ2n) is 4.18. The molecule has 4 nitrogen and oxygen atoms in total. The molecule has 0 aliphatic heterocycles. The molecule has 9 heteroatoms. The lowest BCUT2D eigenvalue weighted by Gasteiger charge is -2.11. The zero-order valence-electron chi connectivity index (χ0n) is 10.9. The van der Waals surface area contributed by atoms with Gasteiger partial charge in [-0.3, -0.25) is 0 Å². The van der Waals surface area contributed by atoms with Gasteiger partial charge >= 0.3 is 11.9 Å². The third kappa shape index (κ3) is 4.10. The summed E-state index contributed by atoms with van der Waals surface area (Å²) in [4.78, 5) is 23.4. The quantitative estimate of drug-likeness (QED) is 0.226. The fourth-order valence-electron chi connectivity index (χ4n) is 1.65. The molecule has 0 bridgehead atoms. The highest BCUT2D eigenvalue weighted by Crippen LogP contribution is 2.28. The minimum Gasteiger partial charge on any atom is -0.478 e. The van der Waals surface area contributed by atoms with E-state index in [1.807, 2.05) is 73.8 Å². The van der Waals surface area contributed by atoms with Gasteiger partial charge in [0.1, 0.15) is 5.56 Å². The maximum atomic E-state index is 13.8. The lowest BCUT2D eigenvalue weighted by molar-refractivity contribution is 0.0676. The highest BCUT2D eigenvalue weighted by atomic mass is 127. The van der Waals surface area contributed by atoms with Crippen LogP contribution in [0.3, 0.4) is 0 Å². The molecule has 0 saturated heterocycles. The average molecular weight is 656 g/mol. The number of hydrogen-bond donors (Lipinski definition) is 1. The van der Waals surface area contributed by atoms with E-state index >= 15 is 0 Å². The molecule has 0 aromatic heterocycles. The van der Waals surface area contributed by atoms with Gasteiger partial charge in [0.25, 0.3) is 0 Å². The van der Waals surface area contributed by atoms with Crippen molar-refractivity contribution < 1.29 is 28.2 Å². The number of carbonyl (C=O) groups excluding carboxylic acids is 1. The Kier molecular flexibility index (Phi) is 6.16. The first kappa shape index (κ1) is 18.8. The molecule has 0 aliphatic rings. The molecule has 0 spiro atoms. The summed E-state index contributed by atoms with van der Waals surface area (Å²) in [7, 11) is 0. The normalized spacial score (nSPS) is 10.5. The van der Waals surface area contributed by atoms with E-state index in [0.717, 1.165) is 13.2 Å². The van der Waals surface area contributed by atoms with Gasteiger partial charge in [0.2, 0.25) is 5.82 Å².